The first-order chi connectivity index (χ1) is 9.28. The quantitative estimate of drug-likeness (QED) is 0.846. The molecule has 1 unspecified atom stereocenters. The molecule has 0 saturated heterocycles. The molecule has 1 heterocycles. The zero-order chi connectivity index (χ0) is 13.7. The Balaban J connectivity index is 2.00. The summed E-state index contributed by atoms with van der Waals surface area (Å²) in [6, 6.07) is 9.29. The molecule has 0 fully saturated rings. The lowest BCUT2D eigenvalue weighted by Gasteiger charge is -2.37. The Morgan fingerprint density at radius 2 is 1.89 bits per heavy atom. The molecule has 19 heavy (non-hydrogen) atoms. The van der Waals surface area contributed by atoms with E-state index in [2.05, 4.69) is 47.9 Å². The first-order valence-electron chi connectivity index (χ1n) is 7.51. The molecule has 0 bridgehead atoms. The third-order valence-electron chi connectivity index (χ3n) is 4.33. The smallest absolute Gasteiger partial charge is 0.0262 e. The minimum atomic E-state index is 0.505. The van der Waals surface area contributed by atoms with Crippen LogP contribution < -0.4 is 5.73 Å². The van der Waals surface area contributed by atoms with E-state index < -0.39 is 0 Å². The van der Waals surface area contributed by atoms with Crippen molar-refractivity contribution < 1.29 is 0 Å². The van der Waals surface area contributed by atoms with E-state index in [0.717, 1.165) is 45.7 Å². The number of rotatable bonds is 6. The van der Waals surface area contributed by atoms with Gasteiger partial charge in [0.2, 0.25) is 0 Å². The highest BCUT2D eigenvalue weighted by molar-refractivity contribution is 5.30. The van der Waals surface area contributed by atoms with E-state index in [1.807, 2.05) is 0 Å². The van der Waals surface area contributed by atoms with E-state index in [9.17, 15) is 0 Å². The molecule has 2 N–H and O–H groups in total. The third-order valence-corrected chi connectivity index (χ3v) is 4.33. The summed E-state index contributed by atoms with van der Waals surface area (Å²) in [5.74, 6) is 0. The SMILES string of the molecule is CCN(CC)CCN1Cc2ccccc2CC1CN. The number of nitrogens with zero attached hydrogens (tertiary/aromatic N) is 2. The molecule has 1 aliphatic rings. The summed E-state index contributed by atoms with van der Waals surface area (Å²) in [6.07, 6.45) is 1.10. The molecule has 2 rings (SSSR count). The fraction of sp³-hybridized carbons (Fsp3) is 0.625. The molecule has 0 aliphatic carbocycles. The van der Waals surface area contributed by atoms with Gasteiger partial charge in [-0.3, -0.25) is 4.90 Å². The third kappa shape index (κ3) is 3.56. The van der Waals surface area contributed by atoms with Crippen LogP contribution in [0, 0.1) is 0 Å². The van der Waals surface area contributed by atoms with Crippen LogP contribution in [0.15, 0.2) is 24.3 Å². The molecule has 0 aromatic heterocycles. The Bertz CT molecular complexity index is 387. The Labute approximate surface area is 117 Å². The maximum Gasteiger partial charge on any atom is 0.0262 e. The van der Waals surface area contributed by atoms with Crippen molar-refractivity contribution in [1.29, 1.82) is 0 Å². The second-order valence-corrected chi connectivity index (χ2v) is 5.36. The number of hydrogen-bond donors (Lipinski definition) is 1. The molecule has 0 spiro atoms. The highest BCUT2D eigenvalue weighted by atomic mass is 15.2. The molecule has 3 heteroatoms. The van der Waals surface area contributed by atoms with Crippen molar-refractivity contribution in [2.24, 2.45) is 5.73 Å². The number of benzene rings is 1. The van der Waals surface area contributed by atoms with E-state index in [1.54, 1.807) is 0 Å². The maximum absolute atomic E-state index is 5.97. The Morgan fingerprint density at radius 3 is 2.53 bits per heavy atom. The number of hydrogen-bond acceptors (Lipinski definition) is 3. The van der Waals surface area contributed by atoms with Crippen LogP contribution in [0.1, 0.15) is 25.0 Å². The summed E-state index contributed by atoms with van der Waals surface area (Å²) in [6.45, 7) is 10.8. The van der Waals surface area contributed by atoms with Gasteiger partial charge in [-0.15, -0.1) is 0 Å². The van der Waals surface area contributed by atoms with Gasteiger partial charge < -0.3 is 10.6 Å². The summed E-state index contributed by atoms with van der Waals surface area (Å²) in [4.78, 5) is 5.04. The van der Waals surface area contributed by atoms with Gasteiger partial charge in [-0.1, -0.05) is 38.1 Å². The minimum Gasteiger partial charge on any atom is -0.329 e. The van der Waals surface area contributed by atoms with E-state index in [4.69, 9.17) is 5.73 Å². The van der Waals surface area contributed by atoms with Crippen molar-refractivity contribution in [3.8, 4) is 0 Å². The van der Waals surface area contributed by atoms with Gasteiger partial charge >= 0.3 is 0 Å². The van der Waals surface area contributed by atoms with Crippen LogP contribution in [-0.4, -0.2) is 48.6 Å². The van der Waals surface area contributed by atoms with E-state index in [0.29, 0.717) is 6.04 Å². The van der Waals surface area contributed by atoms with Crippen molar-refractivity contribution in [2.75, 3.05) is 32.7 Å². The Kier molecular flexibility index (Phi) is 5.37. The fourth-order valence-electron chi connectivity index (χ4n) is 2.95. The zero-order valence-electron chi connectivity index (χ0n) is 12.3. The lowest BCUT2D eigenvalue weighted by atomic mass is 9.94. The van der Waals surface area contributed by atoms with Crippen LogP contribution >= 0.6 is 0 Å². The summed E-state index contributed by atoms with van der Waals surface area (Å²) < 4.78 is 0. The van der Waals surface area contributed by atoms with Crippen molar-refractivity contribution in [3.05, 3.63) is 35.4 Å². The highest BCUT2D eigenvalue weighted by Crippen LogP contribution is 2.22. The van der Waals surface area contributed by atoms with Crippen LogP contribution in [0.4, 0.5) is 0 Å². The first-order valence-corrected chi connectivity index (χ1v) is 7.51. The van der Waals surface area contributed by atoms with Crippen LogP contribution in [0.2, 0.25) is 0 Å². The molecule has 0 radical (unpaired) electrons. The maximum atomic E-state index is 5.97. The van der Waals surface area contributed by atoms with Crippen LogP contribution in [-0.2, 0) is 13.0 Å². The first kappa shape index (κ1) is 14.5. The summed E-state index contributed by atoms with van der Waals surface area (Å²) in [7, 11) is 0. The van der Waals surface area contributed by atoms with E-state index in [1.165, 1.54) is 11.1 Å². The molecule has 0 amide bonds. The van der Waals surface area contributed by atoms with Crippen molar-refractivity contribution in [1.82, 2.24) is 9.80 Å². The van der Waals surface area contributed by atoms with Gasteiger partial charge in [0.1, 0.15) is 0 Å². The largest absolute Gasteiger partial charge is 0.329 e. The summed E-state index contributed by atoms with van der Waals surface area (Å²) >= 11 is 0. The molecule has 3 nitrogen and oxygen atoms in total. The predicted molar refractivity (Wildman–Crippen MR) is 81.2 cm³/mol. The fourth-order valence-corrected chi connectivity index (χ4v) is 2.95. The number of likely N-dealkylation sites (N-methyl/N-ethyl adjacent to an activating group) is 1. The molecular formula is C16H27N3. The van der Waals surface area contributed by atoms with Gasteiger partial charge in [-0.2, -0.15) is 0 Å². The van der Waals surface area contributed by atoms with Gasteiger partial charge in [-0.25, -0.2) is 0 Å². The van der Waals surface area contributed by atoms with Gasteiger partial charge in [0.15, 0.2) is 0 Å². The summed E-state index contributed by atoms with van der Waals surface area (Å²) in [5.41, 5.74) is 8.93. The standard InChI is InChI=1S/C16H27N3/c1-3-18(4-2)9-10-19-13-15-8-6-5-7-14(15)11-16(19)12-17/h5-8,16H,3-4,9-13,17H2,1-2H3. The molecule has 1 atom stereocenters. The second kappa shape index (κ2) is 7.04. The Hall–Kier alpha value is -0.900. The van der Waals surface area contributed by atoms with E-state index >= 15 is 0 Å². The number of fused-ring (bicyclic) bond motifs is 1. The van der Waals surface area contributed by atoms with E-state index in [-0.39, 0.29) is 0 Å². The molecule has 1 aliphatic heterocycles. The lowest BCUT2D eigenvalue weighted by Crippen LogP contribution is -2.47. The van der Waals surface area contributed by atoms with Gasteiger partial charge in [-0.05, 0) is 30.6 Å². The van der Waals surface area contributed by atoms with Gasteiger partial charge in [0, 0.05) is 32.2 Å². The number of nitrogens with two attached hydrogens (primary N) is 1. The molecule has 0 saturated carbocycles. The van der Waals surface area contributed by atoms with Gasteiger partial charge in [0.05, 0.1) is 0 Å². The van der Waals surface area contributed by atoms with Crippen LogP contribution in [0.25, 0.3) is 0 Å². The molecule has 1 aromatic carbocycles. The molecule has 106 valence electrons. The predicted octanol–water partition coefficient (Wildman–Crippen LogP) is 1.71. The highest BCUT2D eigenvalue weighted by Gasteiger charge is 2.24. The topological polar surface area (TPSA) is 32.5 Å². The minimum absolute atomic E-state index is 0.505. The Morgan fingerprint density at radius 1 is 1.21 bits per heavy atom. The molecule has 1 aromatic rings. The monoisotopic (exact) mass is 261 g/mol. The normalized spacial score (nSPS) is 19.7. The van der Waals surface area contributed by atoms with Crippen molar-refractivity contribution in [3.63, 3.8) is 0 Å². The lowest BCUT2D eigenvalue weighted by molar-refractivity contribution is 0.149. The average molecular weight is 261 g/mol. The van der Waals surface area contributed by atoms with Crippen LogP contribution in [0.5, 0.6) is 0 Å². The molecular weight excluding hydrogens is 234 g/mol. The van der Waals surface area contributed by atoms with Gasteiger partial charge in [0.25, 0.3) is 0 Å². The van der Waals surface area contributed by atoms with Crippen molar-refractivity contribution >= 4 is 0 Å². The zero-order valence-corrected chi connectivity index (χ0v) is 12.3. The van der Waals surface area contributed by atoms with Crippen molar-refractivity contribution in [2.45, 2.75) is 32.9 Å². The van der Waals surface area contributed by atoms with Crippen LogP contribution in [0.3, 0.4) is 0 Å². The second-order valence-electron chi connectivity index (χ2n) is 5.36. The summed E-state index contributed by atoms with van der Waals surface area (Å²) in [5, 5.41) is 0. The average Bonchev–Trinajstić information content (AvgIpc) is 2.47.